The highest BCUT2D eigenvalue weighted by molar-refractivity contribution is 5.74. The fourth-order valence-electron chi connectivity index (χ4n) is 3.16. The molecule has 2 heterocycles. The van der Waals surface area contributed by atoms with E-state index in [0.29, 0.717) is 19.4 Å². The van der Waals surface area contributed by atoms with E-state index in [1.807, 2.05) is 0 Å². The molecule has 2 aliphatic heterocycles. The van der Waals surface area contributed by atoms with Crippen LogP contribution in [0.4, 0.5) is 4.79 Å². The summed E-state index contributed by atoms with van der Waals surface area (Å²) in [6.07, 6.45) is 3.87. The van der Waals surface area contributed by atoms with E-state index in [0.717, 1.165) is 25.6 Å². The van der Waals surface area contributed by atoms with Gasteiger partial charge in [-0.05, 0) is 32.1 Å². The maximum Gasteiger partial charge on any atom is 0.332 e. The van der Waals surface area contributed by atoms with Gasteiger partial charge in [0.05, 0.1) is 6.10 Å². The minimum atomic E-state index is -0.923. The average Bonchev–Trinajstić information content (AvgIpc) is 3.00. The van der Waals surface area contributed by atoms with Crippen LogP contribution in [0.15, 0.2) is 0 Å². The van der Waals surface area contributed by atoms with E-state index < -0.39 is 12.1 Å². The summed E-state index contributed by atoms with van der Waals surface area (Å²) < 4.78 is 5.35. The summed E-state index contributed by atoms with van der Waals surface area (Å²) >= 11 is 0. The van der Waals surface area contributed by atoms with Gasteiger partial charge in [-0.25, -0.2) is 9.59 Å². The third-order valence-electron chi connectivity index (χ3n) is 4.49. The number of amides is 2. The molecule has 0 aromatic carbocycles. The lowest BCUT2D eigenvalue weighted by Crippen LogP contribution is -2.45. The second-order valence-electron chi connectivity index (χ2n) is 6.23. The van der Waals surface area contributed by atoms with Gasteiger partial charge in [0.1, 0.15) is 0 Å². The Morgan fingerprint density at radius 3 is 2.67 bits per heavy atom. The Kier molecular flexibility index (Phi) is 4.30. The van der Waals surface area contributed by atoms with Crippen LogP contribution < -0.4 is 10.6 Å². The molecule has 21 heavy (non-hydrogen) atoms. The van der Waals surface area contributed by atoms with E-state index in [-0.39, 0.29) is 18.2 Å². The molecule has 3 fully saturated rings. The maximum absolute atomic E-state index is 11.9. The van der Waals surface area contributed by atoms with Gasteiger partial charge in [0.2, 0.25) is 0 Å². The number of urea groups is 1. The van der Waals surface area contributed by atoms with Gasteiger partial charge in [-0.2, -0.15) is 0 Å². The van der Waals surface area contributed by atoms with E-state index in [1.54, 1.807) is 0 Å². The minimum Gasteiger partial charge on any atom is -0.479 e. The number of likely N-dealkylation sites (tertiary alicyclic amines) is 1. The Hall–Kier alpha value is -1.34. The molecular weight excluding hydrogens is 274 g/mol. The fraction of sp³-hybridized carbons (Fsp3) is 0.857. The van der Waals surface area contributed by atoms with Crippen molar-refractivity contribution in [2.75, 3.05) is 19.6 Å². The number of carboxylic acids is 1. The Morgan fingerprint density at radius 1 is 1.19 bits per heavy atom. The number of hydrogen-bond donors (Lipinski definition) is 3. The topological polar surface area (TPSA) is 90.9 Å². The number of carbonyl (C=O) groups is 2. The van der Waals surface area contributed by atoms with Crippen molar-refractivity contribution in [3.63, 3.8) is 0 Å². The number of nitrogens with one attached hydrogen (secondary N) is 2. The molecule has 1 saturated carbocycles. The molecule has 0 aromatic rings. The molecule has 0 radical (unpaired) electrons. The number of ether oxygens (including phenoxy) is 1. The van der Waals surface area contributed by atoms with Crippen LogP contribution >= 0.6 is 0 Å². The molecule has 7 nitrogen and oxygen atoms in total. The van der Waals surface area contributed by atoms with Crippen LogP contribution in [0, 0.1) is 0 Å². The monoisotopic (exact) mass is 297 g/mol. The molecule has 2 amide bonds. The second kappa shape index (κ2) is 6.19. The zero-order valence-electron chi connectivity index (χ0n) is 12.1. The normalized spacial score (nSPS) is 33.0. The third kappa shape index (κ3) is 3.85. The summed E-state index contributed by atoms with van der Waals surface area (Å²) in [5.41, 5.74) is 0. The first-order chi connectivity index (χ1) is 10.1. The number of carboxylic acid groups (broad SMARTS) is 1. The molecule has 3 aliphatic rings. The quantitative estimate of drug-likeness (QED) is 0.672. The van der Waals surface area contributed by atoms with E-state index in [2.05, 4.69) is 15.5 Å². The van der Waals surface area contributed by atoms with Gasteiger partial charge < -0.3 is 20.5 Å². The van der Waals surface area contributed by atoms with Crippen molar-refractivity contribution in [2.45, 2.75) is 56.4 Å². The van der Waals surface area contributed by atoms with Crippen molar-refractivity contribution >= 4 is 12.0 Å². The van der Waals surface area contributed by atoms with Crippen LogP contribution in [0.25, 0.3) is 0 Å². The van der Waals surface area contributed by atoms with Crippen LogP contribution in [-0.2, 0) is 9.53 Å². The van der Waals surface area contributed by atoms with Gasteiger partial charge in [0, 0.05) is 31.7 Å². The van der Waals surface area contributed by atoms with Gasteiger partial charge in [-0.15, -0.1) is 0 Å². The molecular formula is C14H23N3O4. The van der Waals surface area contributed by atoms with Gasteiger partial charge in [-0.1, -0.05) is 0 Å². The van der Waals surface area contributed by atoms with Crippen LogP contribution in [0.1, 0.15) is 32.1 Å². The van der Waals surface area contributed by atoms with Crippen molar-refractivity contribution in [1.29, 1.82) is 0 Å². The highest BCUT2D eigenvalue weighted by atomic mass is 16.5. The minimum absolute atomic E-state index is 0.181. The zero-order valence-corrected chi connectivity index (χ0v) is 12.1. The predicted octanol–water partition coefficient (Wildman–Crippen LogP) is 0.155. The third-order valence-corrected chi connectivity index (χ3v) is 4.49. The number of aliphatic carboxylic acids is 1. The van der Waals surface area contributed by atoms with Crippen molar-refractivity contribution < 1.29 is 19.4 Å². The predicted molar refractivity (Wildman–Crippen MR) is 75.1 cm³/mol. The standard InChI is InChI=1S/C14H23N3O4/c18-13(19)12-4-3-11(21-12)7-15-14(20)16-9-5-6-17(8-9)10-1-2-10/h9-12H,1-8H2,(H,18,19)(H2,15,16,20). The Morgan fingerprint density at radius 2 is 2.00 bits per heavy atom. The molecule has 3 atom stereocenters. The van der Waals surface area contributed by atoms with E-state index in [1.165, 1.54) is 12.8 Å². The summed E-state index contributed by atoms with van der Waals surface area (Å²) in [7, 11) is 0. The fourth-order valence-corrected chi connectivity index (χ4v) is 3.16. The largest absolute Gasteiger partial charge is 0.479 e. The lowest BCUT2D eigenvalue weighted by molar-refractivity contribution is -0.149. The molecule has 0 bridgehead atoms. The van der Waals surface area contributed by atoms with Crippen molar-refractivity contribution in [3.8, 4) is 0 Å². The highest BCUT2D eigenvalue weighted by Gasteiger charge is 2.35. The molecule has 7 heteroatoms. The first-order valence-corrected chi connectivity index (χ1v) is 7.78. The van der Waals surface area contributed by atoms with E-state index in [9.17, 15) is 9.59 Å². The lowest BCUT2D eigenvalue weighted by Gasteiger charge is -2.17. The number of hydrogen-bond acceptors (Lipinski definition) is 4. The maximum atomic E-state index is 11.9. The van der Waals surface area contributed by atoms with E-state index >= 15 is 0 Å². The Labute approximate surface area is 124 Å². The van der Waals surface area contributed by atoms with Crippen LogP contribution in [0.2, 0.25) is 0 Å². The smallest absolute Gasteiger partial charge is 0.332 e. The van der Waals surface area contributed by atoms with Gasteiger partial charge in [-0.3, -0.25) is 4.90 Å². The van der Waals surface area contributed by atoms with E-state index in [4.69, 9.17) is 9.84 Å². The number of rotatable bonds is 5. The Bertz CT molecular complexity index is 413. The zero-order chi connectivity index (χ0) is 14.8. The van der Waals surface area contributed by atoms with Crippen LogP contribution in [0.3, 0.4) is 0 Å². The first-order valence-electron chi connectivity index (χ1n) is 7.78. The molecule has 2 saturated heterocycles. The van der Waals surface area contributed by atoms with Crippen molar-refractivity contribution in [1.82, 2.24) is 15.5 Å². The number of nitrogens with zero attached hydrogens (tertiary/aromatic N) is 1. The van der Waals surface area contributed by atoms with Crippen LogP contribution in [0.5, 0.6) is 0 Å². The molecule has 0 aromatic heterocycles. The molecule has 3 unspecified atom stereocenters. The number of carbonyl (C=O) groups excluding carboxylic acids is 1. The summed E-state index contributed by atoms with van der Waals surface area (Å²) in [5, 5.41) is 14.6. The molecule has 0 spiro atoms. The van der Waals surface area contributed by atoms with Gasteiger partial charge >= 0.3 is 12.0 Å². The second-order valence-corrected chi connectivity index (χ2v) is 6.23. The molecule has 118 valence electrons. The summed E-state index contributed by atoms with van der Waals surface area (Å²) in [6, 6.07) is 0.793. The average molecular weight is 297 g/mol. The summed E-state index contributed by atoms with van der Waals surface area (Å²) in [4.78, 5) is 25.1. The highest BCUT2D eigenvalue weighted by Crippen LogP contribution is 2.29. The van der Waals surface area contributed by atoms with Crippen LogP contribution in [-0.4, -0.2) is 65.9 Å². The summed E-state index contributed by atoms with van der Waals surface area (Å²) in [5.74, 6) is -0.923. The Balaban J connectivity index is 1.32. The summed E-state index contributed by atoms with van der Waals surface area (Å²) in [6.45, 7) is 2.38. The first kappa shape index (κ1) is 14.6. The lowest BCUT2D eigenvalue weighted by atomic mass is 10.2. The van der Waals surface area contributed by atoms with Gasteiger partial charge in [0.25, 0.3) is 0 Å². The van der Waals surface area contributed by atoms with Gasteiger partial charge in [0.15, 0.2) is 6.10 Å². The molecule has 1 aliphatic carbocycles. The SMILES string of the molecule is O=C(NCC1CCC(C(=O)O)O1)NC1CCN(C2CC2)C1. The van der Waals surface area contributed by atoms with Crippen molar-refractivity contribution in [2.24, 2.45) is 0 Å². The van der Waals surface area contributed by atoms with Crippen molar-refractivity contribution in [3.05, 3.63) is 0 Å². The molecule has 3 rings (SSSR count). The molecule has 3 N–H and O–H groups in total.